The van der Waals surface area contributed by atoms with Crippen LogP contribution in [0.1, 0.15) is 39.4 Å². The average Bonchev–Trinajstić information content (AvgIpc) is 2.33. The lowest BCUT2D eigenvalue weighted by Crippen LogP contribution is -1.94. The number of hydrogen-bond donors (Lipinski definition) is 0. The molecule has 12 heavy (non-hydrogen) atoms. The lowest BCUT2D eigenvalue weighted by atomic mass is 10.1. The van der Waals surface area contributed by atoms with Crippen molar-refractivity contribution in [1.29, 1.82) is 0 Å². The second-order valence-electron chi connectivity index (χ2n) is 3.34. The second kappa shape index (κ2) is 3.02. The predicted molar refractivity (Wildman–Crippen MR) is 50.9 cm³/mol. The van der Waals surface area contributed by atoms with Gasteiger partial charge in [0.1, 0.15) is 0 Å². The molecule has 1 nitrogen and oxygen atoms in total. The zero-order chi connectivity index (χ0) is 8.55. The number of carbonyl (C=O) groups is 1. The molecule has 0 saturated heterocycles. The molecule has 0 fully saturated rings. The van der Waals surface area contributed by atoms with Crippen LogP contribution in [0.2, 0.25) is 0 Å². The highest BCUT2D eigenvalue weighted by Gasteiger charge is 2.17. The molecule has 0 N–H and O–H groups in total. The molecule has 64 valence electrons. The Bertz CT molecular complexity index is 312. The lowest BCUT2D eigenvalue weighted by molar-refractivity contribution is 0.0986. The number of ketones is 1. The Morgan fingerprint density at radius 2 is 2.08 bits per heavy atom. The molecule has 0 unspecified atom stereocenters. The highest BCUT2D eigenvalue weighted by atomic mass is 32.1. The minimum atomic E-state index is 0.362. The van der Waals surface area contributed by atoms with Gasteiger partial charge in [0.2, 0.25) is 0 Å². The van der Waals surface area contributed by atoms with E-state index in [1.165, 1.54) is 16.9 Å². The van der Waals surface area contributed by atoms with Gasteiger partial charge in [-0.25, -0.2) is 0 Å². The van der Waals surface area contributed by atoms with E-state index in [4.69, 9.17) is 0 Å². The standard InChI is InChI=1S/C10H12OS/c1-7-6-8-4-2-3-5-9(11)10(8)12-7/h6H,2-5H2,1H3. The zero-order valence-corrected chi connectivity index (χ0v) is 8.04. The van der Waals surface area contributed by atoms with Gasteiger partial charge in [-0.15, -0.1) is 11.3 Å². The molecule has 0 bridgehead atoms. The molecule has 1 aromatic heterocycles. The summed E-state index contributed by atoms with van der Waals surface area (Å²) in [5.74, 6) is 0.362. The molecular weight excluding hydrogens is 168 g/mol. The van der Waals surface area contributed by atoms with Gasteiger partial charge in [-0.1, -0.05) is 0 Å². The Labute approximate surface area is 76.4 Å². The number of Topliss-reactive ketones (excluding diaryl/α,β-unsaturated/α-hetero) is 1. The molecule has 1 aliphatic rings. The lowest BCUT2D eigenvalue weighted by Gasteiger charge is -1.92. The highest BCUT2D eigenvalue weighted by Crippen LogP contribution is 2.28. The van der Waals surface area contributed by atoms with E-state index in [9.17, 15) is 4.79 Å². The maximum Gasteiger partial charge on any atom is 0.173 e. The van der Waals surface area contributed by atoms with E-state index in [0.717, 1.165) is 24.1 Å². The van der Waals surface area contributed by atoms with E-state index in [1.54, 1.807) is 11.3 Å². The van der Waals surface area contributed by atoms with E-state index in [1.807, 2.05) is 0 Å². The van der Waals surface area contributed by atoms with Crippen LogP contribution in [0.3, 0.4) is 0 Å². The zero-order valence-electron chi connectivity index (χ0n) is 7.22. The van der Waals surface area contributed by atoms with Gasteiger partial charge in [-0.05, 0) is 37.8 Å². The Hall–Kier alpha value is -0.630. The van der Waals surface area contributed by atoms with Crippen molar-refractivity contribution in [3.8, 4) is 0 Å². The molecule has 0 spiro atoms. The Kier molecular flexibility index (Phi) is 2.01. The molecule has 1 aromatic rings. The van der Waals surface area contributed by atoms with Crippen LogP contribution in [0.4, 0.5) is 0 Å². The summed E-state index contributed by atoms with van der Waals surface area (Å²) >= 11 is 1.66. The fourth-order valence-corrected chi connectivity index (χ4v) is 2.73. The van der Waals surface area contributed by atoms with Crippen LogP contribution >= 0.6 is 11.3 Å². The summed E-state index contributed by atoms with van der Waals surface area (Å²) < 4.78 is 0. The Morgan fingerprint density at radius 3 is 2.92 bits per heavy atom. The number of hydrogen-bond acceptors (Lipinski definition) is 2. The van der Waals surface area contributed by atoms with Crippen LogP contribution < -0.4 is 0 Å². The third-order valence-corrected chi connectivity index (χ3v) is 3.42. The number of thiophene rings is 1. The molecule has 0 radical (unpaired) electrons. The summed E-state index contributed by atoms with van der Waals surface area (Å²) in [5.41, 5.74) is 1.29. The van der Waals surface area contributed by atoms with Gasteiger partial charge in [0.05, 0.1) is 4.88 Å². The van der Waals surface area contributed by atoms with Gasteiger partial charge >= 0.3 is 0 Å². The van der Waals surface area contributed by atoms with Crippen LogP contribution in [0.5, 0.6) is 0 Å². The maximum atomic E-state index is 11.5. The summed E-state index contributed by atoms with van der Waals surface area (Å²) in [6, 6.07) is 2.17. The van der Waals surface area contributed by atoms with Crippen molar-refractivity contribution in [2.45, 2.75) is 32.6 Å². The molecule has 0 aliphatic heterocycles. The van der Waals surface area contributed by atoms with Gasteiger partial charge < -0.3 is 0 Å². The third kappa shape index (κ3) is 1.31. The average molecular weight is 180 g/mol. The minimum Gasteiger partial charge on any atom is -0.293 e. The molecule has 0 amide bonds. The van der Waals surface area contributed by atoms with E-state index < -0.39 is 0 Å². The molecule has 0 saturated carbocycles. The molecule has 0 atom stereocenters. The second-order valence-corrected chi connectivity index (χ2v) is 4.60. The van der Waals surface area contributed by atoms with Crippen molar-refractivity contribution in [1.82, 2.24) is 0 Å². The van der Waals surface area contributed by atoms with E-state index in [-0.39, 0.29) is 0 Å². The molecule has 1 aliphatic carbocycles. The van der Waals surface area contributed by atoms with E-state index in [2.05, 4.69) is 13.0 Å². The van der Waals surface area contributed by atoms with Gasteiger partial charge in [-0.3, -0.25) is 4.79 Å². The van der Waals surface area contributed by atoms with Crippen LogP contribution in [-0.2, 0) is 6.42 Å². The predicted octanol–water partition coefficient (Wildman–Crippen LogP) is 2.97. The number of aryl methyl sites for hydroxylation is 2. The Balaban J connectivity index is 2.44. The first-order valence-electron chi connectivity index (χ1n) is 4.40. The van der Waals surface area contributed by atoms with Gasteiger partial charge in [0, 0.05) is 11.3 Å². The largest absolute Gasteiger partial charge is 0.293 e. The SMILES string of the molecule is Cc1cc2c(s1)C(=O)CCCC2. The summed E-state index contributed by atoms with van der Waals surface area (Å²) in [6.07, 6.45) is 4.10. The van der Waals surface area contributed by atoms with Crippen LogP contribution in [0.15, 0.2) is 6.07 Å². The molecule has 2 heteroatoms. The van der Waals surface area contributed by atoms with Crippen LogP contribution in [0.25, 0.3) is 0 Å². The first-order chi connectivity index (χ1) is 5.77. The van der Waals surface area contributed by atoms with Crippen molar-refractivity contribution in [3.63, 3.8) is 0 Å². The van der Waals surface area contributed by atoms with Crippen molar-refractivity contribution in [2.24, 2.45) is 0 Å². The van der Waals surface area contributed by atoms with Crippen molar-refractivity contribution < 1.29 is 4.79 Å². The smallest absolute Gasteiger partial charge is 0.173 e. The van der Waals surface area contributed by atoms with Crippen molar-refractivity contribution in [3.05, 3.63) is 21.4 Å². The van der Waals surface area contributed by atoms with Gasteiger partial charge in [0.15, 0.2) is 5.78 Å². The number of fused-ring (bicyclic) bond motifs is 1. The topological polar surface area (TPSA) is 17.1 Å². The third-order valence-electron chi connectivity index (χ3n) is 2.29. The first kappa shape index (κ1) is 7.99. The summed E-state index contributed by atoms with van der Waals surface area (Å²) in [5, 5.41) is 0. The molecular formula is C10H12OS. The fraction of sp³-hybridized carbons (Fsp3) is 0.500. The summed E-state index contributed by atoms with van der Waals surface area (Å²) in [4.78, 5) is 13.8. The molecule has 1 heterocycles. The number of rotatable bonds is 0. The monoisotopic (exact) mass is 180 g/mol. The van der Waals surface area contributed by atoms with Crippen LogP contribution in [-0.4, -0.2) is 5.78 Å². The molecule has 2 rings (SSSR count). The fourth-order valence-electron chi connectivity index (χ4n) is 1.70. The van der Waals surface area contributed by atoms with Crippen molar-refractivity contribution >= 4 is 17.1 Å². The first-order valence-corrected chi connectivity index (χ1v) is 5.21. The van der Waals surface area contributed by atoms with Crippen LogP contribution in [0, 0.1) is 6.92 Å². The molecule has 0 aromatic carbocycles. The van der Waals surface area contributed by atoms with E-state index in [0.29, 0.717) is 5.78 Å². The minimum absolute atomic E-state index is 0.362. The Morgan fingerprint density at radius 1 is 1.33 bits per heavy atom. The van der Waals surface area contributed by atoms with Crippen molar-refractivity contribution in [2.75, 3.05) is 0 Å². The van der Waals surface area contributed by atoms with Gasteiger partial charge in [-0.2, -0.15) is 0 Å². The number of carbonyl (C=O) groups excluding carboxylic acids is 1. The van der Waals surface area contributed by atoms with Gasteiger partial charge in [0.25, 0.3) is 0 Å². The highest BCUT2D eigenvalue weighted by molar-refractivity contribution is 7.14. The summed E-state index contributed by atoms with van der Waals surface area (Å²) in [6.45, 7) is 2.08. The maximum absolute atomic E-state index is 11.5. The summed E-state index contributed by atoms with van der Waals surface area (Å²) in [7, 11) is 0. The normalized spacial score (nSPS) is 17.2. The van der Waals surface area contributed by atoms with E-state index >= 15 is 0 Å². The quantitative estimate of drug-likeness (QED) is 0.561.